The van der Waals surface area contributed by atoms with Crippen LogP contribution in [0.5, 0.6) is 0 Å². The van der Waals surface area contributed by atoms with E-state index in [9.17, 15) is 13.6 Å². The van der Waals surface area contributed by atoms with E-state index in [1.54, 1.807) is 18.2 Å². The summed E-state index contributed by atoms with van der Waals surface area (Å²) in [6.07, 6.45) is 0. The summed E-state index contributed by atoms with van der Waals surface area (Å²) in [7, 11) is 0. The highest BCUT2D eigenvalue weighted by atomic mass is 19.1. The van der Waals surface area contributed by atoms with E-state index >= 15 is 0 Å². The number of benzene rings is 2. The zero-order valence-electron chi connectivity index (χ0n) is 10.3. The quantitative estimate of drug-likeness (QED) is 0.473. The maximum absolute atomic E-state index is 12.8. The number of anilines is 2. The SMILES string of the molecule is Nc1cccc(F)c1N.O=c1[nH]c2cccc(F)c2[nH]1. The number of hydrogen-bond acceptors (Lipinski definition) is 3. The second-order valence-corrected chi connectivity index (χ2v) is 3.98. The molecule has 0 saturated carbocycles. The third kappa shape index (κ3) is 2.77. The van der Waals surface area contributed by atoms with Gasteiger partial charge in [0.2, 0.25) is 0 Å². The van der Waals surface area contributed by atoms with E-state index in [4.69, 9.17) is 11.5 Å². The molecule has 1 aromatic heterocycles. The molecular weight excluding hydrogens is 266 g/mol. The molecule has 0 radical (unpaired) electrons. The van der Waals surface area contributed by atoms with Crippen molar-refractivity contribution in [3.05, 3.63) is 58.5 Å². The molecule has 2 aromatic carbocycles. The van der Waals surface area contributed by atoms with Crippen molar-refractivity contribution in [2.75, 3.05) is 11.5 Å². The summed E-state index contributed by atoms with van der Waals surface area (Å²) in [5.74, 6) is -0.879. The number of nitrogen functional groups attached to an aromatic ring is 2. The van der Waals surface area contributed by atoms with Gasteiger partial charge in [-0.2, -0.15) is 0 Å². The summed E-state index contributed by atoms with van der Waals surface area (Å²) >= 11 is 0. The van der Waals surface area contributed by atoms with Crippen LogP contribution in [0.25, 0.3) is 11.0 Å². The number of halogens is 2. The minimum atomic E-state index is -0.463. The molecule has 0 unspecified atom stereocenters. The lowest BCUT2D eigenvalue weighted by Gasteiger charge is -1.97. The van der Waals surface area contributed by atoms with E-state index in [0.717, 1.165) is 0 Å². The minimum Gasteiger partial charge on any atom is -0.397 e. The molecule has 5 nitrogen and oxygen atoms in total. The van der Waals surface area contributed by atoms with Crippen LogP contribution in [0.15, 0.2) is 41.2 Å². The standard InChI is InChI=1S/C7H5FN2O.C6H7FN2/c8-4-2-1-3-5-6(4)10-7(11)9-5;7-4-2-1-3-5(8)6(4)9/h1-3H,(H2,9,10,11);1-3H,8-9H2. The Morgan fingerprint density at radius 2 is 1.55 bits per heavy atom. The predicted octanol–water partition coefficient (Wildman–Crippen LogP) is 1.99. The van der Waals surface area contributed by atoms with Crippen LogP contribution in [0.4, 0.5) is 20.2 Å². The first kappa shape index (κ1) is 13.6. The Bertz CT molecular complexity index is 774. The average molecular weight is 278 g/mol. The maximum atomic E-state index is 12.8. The van der Waals surface area contributed by atoms with Crippen LogP contribution in [-0.4, -0.2) is 9.97 Å². The van der Waals surface area contributed by atoms with Crippen molar-refractivity contribution < 1.29 is 8.78 Å². The zero-order chi connectivity index (χ0) is 14.7. The topological polar surface area (TPSA) is 101 Å². The van der Waals surface area contributed by atoms with Gasteiger partial charge in [-0.25, -0.2) is 13.6 Å². The molecule has 0 atom stereocenters. The summed E-state index contributed by atoms with van der Waals surface area (Å²) < 4.78 is 25.2. The fraction of sp³-hybridized carbons (Fsp3) is 0. The van der Waals surface area contributed by atoms with Gasteiger partial charge in [-0.15, -0.1) is 0 Å². The third-order valence-corrected chi connectivity index (χ3v) is 2.59. The molecule has 7 heteroatoms. The highest BCUT2D eigenvalue weighted by Gasteiger charge is 2.01. The lowest BCUT2D eigenvalue weighted by Crippen LogP contribution is -1.99. The Labute approximate surface area is 112 Å². The van der Waals surface area contributed by atoms with Crippen molar-refractivity contribution in [3.63, 3.8) is 0 Å². The van der Waals surface area contributed by atoms with Crippen molar-refractivity contribution in [1.82, 2.24) is 9.97 Å². The molecule has 0 amide bonds. The van der Waals surface area contributed by atoms with E-state index in [-0.39, 0.29) is 22.6 Å². The first-order chi connectivity index (χ1) is 9.49. The molecule has 0 fully saturated rings. The van der Waals surface area contributed by atoms with Crippen LogP contribution in [0.3, 0.4) is 0 Å². The Balaban J connectivity index is 0.000000151. The third-order valence-electron chi connectivity index (χ3n) is 2.59. The Kier molecular flexibility index (Phi) is 3.69. The highest BCUT2D eigenvalue weighted by molar-refractivity contribution is 5.74. The number of nitrogens with one attached hydrogen (secondary N) is 2. The second-order valence-electron chi connectivity index (χ2n) is 3.98. The second kappa shape index (κ2) is 5.43. The van der Waals surface area contributed by atoms with Gasteiger partial charge in [0.15, 0.2) is 0 Å². The summed E-state index contributed by atoms with van der Waals surface area (Å²) in [5.41, 5.74) is 11.1. The summed E-state index contributed by atoms with van der Waals surface area (Å²) in [4.78, 5) is 15.5. The van der Waals surface area contributed by atoms with Gasteiger partial charge in [0.05, 0.1) is 16.9 Å². The van der Waals surface area contributed by atoms with E-state index < -0.39 is 11.6 Å². The number of hydrogen-bond donors (Lipinski definition) is 4. The highest BCUT2D eigenvalue weighted by Crippen LogP contribution is 2.16. The van der Waals surface area contributed by atoms with Gasteiger partial charge in [0.1, 0.15) is 17.2 Å². The molecule has 0 spiro atoms. The zero-order valence-corrected chi connectivity index (χ0v) is 10.3. The molecule has 6 N–H and O–H groups in total. The molecule has 0 aliphatic rings. The first-order valence-electron chi connectivity index (χ1n) is 5.65. The summed E-state index contributed by atoms with van der Waals surface area (Å²) in [6, 6.07) is 8.81. The van der Waals surface area contributed by atoms with Crippen LogP contribution in [-0.2, 0) is 0 Å². The van der Waals surface area contributed by atoms with Gasteiger partial charge in [-0.05, 0) is 24.3 Å². The molecule has 0 saturated heterocycles. The lowest BCUT2D eigenvalue weighted by molar-refractivity contribution is 0.633. The lowest BCUT2D eigenvalue weighted by atomic mass is 10.3. The van der Waals surface area contributed by atoms with E-state index in [1.807, 2.05) is 0 Å². The van der Waals surface area contributed by atoms with Crippen LogP contribution in [0.1, 0.15) is 0 Å². The Morgan fingerprint density at radius 1 is 0.900 bits per heavy atom. The van der Waals surface area contributed by atoms with Crippen molar-refractivity contribution in [2.24, 2.45) is 0 Å². The number of imidazole rings is 1. The van der Waals surface area contributed by atoms with Gasteiger partial charge < -0.3 is 21.4 Å². The van der Waals surface area contributed by atoms with E-state index in [0.29, 0.717) is 5.52 Å². The van der Waals surface area contributed by atoms with Gasteiger partial charge in [-0.1, -0.05) is 12.1 Å². The number of H-pyrrole nitrogens is 2. The molecule has 3 rings (SSSR count). The molecule has 0 bridgehead atoms. The number of aromatic nitrogens is 2. The van der Waals surface area contributed by atoms with Crippen LogP contribution in [0.2, 0.25) is 0 Å². The van der Waals surface area contributed by atoms with Crippen molar-refractivity contribution in [1.29, 1.82) is 0 Å². The smallest absolute Gasteiger partial charge is 0.323 e. The fourth-order valence-electron chi connectivity index (χ4n) is 1.58. The van der Waals surface area contributed by atoms with E-state index in [1.165, 1.54) is 18.2 Å². The Morgan fingerprint density at radius 3 is 2.15 bits per heavy atom. The van der Waals surface area contributed by atoms with Gasteiger partial charge in [0, 0.05) is 0 Å². The molecule has 3 aromatic rings. The van der Waals surface area contributed by atoms with Crippen LogP contribution < -0.4 is 17.2 Å². The number of rotatable bonds is 0. The van der Waals surface area contributed by atoms with Crippen molar-refractivity contribution in [2.45, 2.75) is 0 Å². The van der Waals surface area contributed by atoms with Crippen LogP contribution >= 0.6 is 0 Å². The number of para-hydroxylation sites is 2. The van der Waals surface area contributed by atoms with Crippen molar-refractivity contribution in [3.8, 4) is 0 Å². The van der Waals surface area contributed by atoms with Gasteiger partial charge in [0.25, 0.3) is 0 Å². The number of aromatic amines is 2. The van der Waals surface area contributed by atoms with Crippen molar-refractivity contribution >= 4 is 22.4 Å². The monoisotopic (exact) mass is 278 g/mol. The fourth-order valence-corrected chi connectivity index (χ4v) is 1.58. The van der Waals surface area contributed by atoms with Crippen LogP contribution in [0, 0.1) is 11.6 Å². The number of fused-ring (bicyclic) bond motifs is 1. The molecular formula is C13H12F2N4O. The predicted molar refractivity (Wildman–Crippen MR) is 74.1 cm³/mol. The normalized spacial score (nSPS) is 10.1. The molecule has 1 heterocycles. The molecule has 0 aliphatic carbocycles. The van der Waals surface area contributed by atoms with Gasteiger partial charge in [-0.3, -0.25) is 0 Å². The molecule has 104 valence electrons. The van der Waals surface area contributed by atoms with E-state index in [2.05, 4.69) is 9.97 Å². The molecule has 0 aliphatic heterocycles. The average Bonchev–Trinajstić information content (AvgIpc) is 2.79. The first-order valence-corrected chi connectivity index (χ1v) is 5.65. The summed E-state index contributed by atoms with van der Waals surface area (Å²) in [6.45, 7) is 0. The minimum absolute atomic E-state index is 0.0255. The Hall–Kier alpha value is -2.83. The summed E-state index contributed by atoms with van der Waals surface area (Å²) in [5, 5.41) is 0. The number of nitrogens with two attached hydrogens (primary N) is 2. The maximum Gasteiger partial charge on any atom is 0.323 e. The molecule has 20 heavy (non-hydrogen) atoms. The van der Waals surface area contributed by atoms with Gasteiger partial charge >= 0.3 is 5.69 Å². The largest absolute Gasteiger partial charge is 0.397 e.